The van der Waals surface area contributed by atoms with Crippen molar-refractivity contribution in [2.75, 3.05) is 27.2 Å². The normalized spacial score (nSPS) is 10.0. The molecule has 0 bridgehead atoms. The van der Waals surface area contributed by atoms with Crippen LogP contribution in [0.3, 0.4) is 0 Å². The third-order valence-corrected chi connectivity index (χ3v) is 2.18. The topological polar surface area (TPSA) is 52.6 Å². The van der Waals surface area contributed by atoms with Gasteiger partial charge in [0.05, 0.1) is 5.56 Å². The number of likely N-dealkylation sites (N-methyl/N-ethyl adjacent to an activating group) is 2. The van der Waals surface area contributed by atoms with Gasteiger partial charge in [0, 0.05) is 20.1 Å². The molecular formula is C11H16N2O2. The summed E-state index contributed by atoms with van der Waals surface area (Å²) in [4.78, 5) is 13.4. The highest BCUT2D eigenvalue weighted by Crippen LogP contribution is 2.16. The van der Waals surface area contributed by atoms with Gasteiger partial charge in [0.15, 0.2) is 0 Å². The first-order valence-corrected chi connectivity index (χ1v) is 4.85. The molecule has 1 aromatic carbocycles. The molecule has 82 valence electrons. The van der Waals surface area contributed by atoms with Gasteiger partial charge in [-0.1, -0.05) is 12.1 Å². The molecule has 1 aromatic rings. The number of rotatable bonds is 4. The first-order valence-electron chi connectivity index (χ1n) is 4.85. The van der Waals surface area contributed by atoms with Crippen LogP contribution in [0.25, 0.3) is 0 Å². The molecule has 0 atom stereocenters. The van der Waals surface area contributed by atoms with E-state index in [0.717, 1.165) is 6.54 Å². The fourth-order valence-corrected chi connectivity index (χ4v) is 1.24. The fourth-order valence-electron chi connectivity index (χ4n) is 1.24. The van der Waals surface area contributed by atoms with E-state index in [4.69, 9.17) is 0 Å². The number of phenols is 1. The van der Waals surface area contributed by atoms with Gasteiger partial charge in [0.1, 0.15) is 5.75 Å². The Kier molecular flexibility index (Phi) is 4.12. The van der Waals surface area contributed by atoms with Crippen LogP contribution in [0.1, 0.15) is 10.4 Å². The quantitative estimate of drug-likeness (QED) is 0.765. The standard InChI is InChI=1S/C11H16N2O2/c1-12-7-8-13(2)11(15)9-5-3-4-6-10(9)14/h3-6,12,14H,7-8H2,1-2H3. The zero-order chi connectivity index (χ0) is 11.3. The molecule has 0 aliphatic heterocycles. The Balaban J connectivity index is 2.72. The van der Waals surface area contributed by atoms with Crippen LogP contribution in [-0.4, -0.2) is 43.1 Å². The van der Waals surface area contributed by atoms with Crippen LogP contribution < -0.4 is 5.32 Å². The van der Waals surface area contributed by atoms with E-state index >= 15 is 0 Å². The first kappa shape index (κ1) is 11.5. The zero-order valence-corrected chi connectivity index (χ0v) is 9.03. The van der Waals surface area contributed by atoms with Crippen LogP contribution in [0, 0.1) is 0 Å². The molecule has 0 saturated carbocycles. The molecule has 0 aliphatic carbocycles. The SMILES string of the molecule is CNCCN(C)C(=O)c1ccccc1O. The highest BCUT2D eigenvalue weighted by Gasteiger charge is 2.14. The monoisotopic (exact) mass is 208 g/mol. The van der Waals surface area contributed by atoms with Gasteiger partial charge in [-0.15, -0.1) is 0 Å². The molecule has 0 spiro atoms. The molecule has 0 heterocycles. The number of aromatic hydroxyl groups is 1. The number of nitrogens with one attached hydrogen (secondary N) is 1. The van der Waals surface area contributed by atoms with Crippen LogP contribution in [0.15, 0.2) is 24.3 Å². The van der Waals surface area contributed by atoms with Gasteiger partial charge in [-0.3, -0.25) is 4.79 Å². The van der Waals surface area contributed by atoms with Gasteiger partial charge in [0.25, 0.3) is 5.91 Å². The van der Waals surface area contributed by atoms with Crippen LogP contribution >= 0.6 is 0 Å². The number of carbonyl (C=O) groups is 1. The Morgan fingerprint density at radius 1 is 1.47 bits per heavy atom. The van der Waals surface area contributed by atoms with E-state index in [-0.39, 0.29) is 11.7 Å². The molecule has 0 unspecified atom stereocenters. The van der Waals surface area contributed by atoms with E-state index in [1.54, 1.807) is 30.1 Å². The van der Waals surface area contributed by atoms with Crippen molar-refractivity contribution >= 4 is 5.91 Å². The summed E-state index contributed by atoms with van der Waals surface area (Å²) in [7, 11) is 3.55. The molecular weight excluding hydrogens is 192 g/mol. The maximum absolute atomic E-state index is 11.8. The summed E-state index contributed by atoms with van der Waals surface area (Å²) in [6.45, 7) is 1.35. The van der Waals surface area contributed by atoms with Crippen LogP contribution in [0.4, 0.5) is 0 Å². The van der Waals surface area contributed by atoms with E-state index in [9.17, 15) is 9.90 Å². The van der Waals surface area contributed by atoms with Gasteiger partial charge in [-0.25, -0.2) is 0 Å². The van der Waals surface area contributed by atoms with Crippen LogP contribution in [-0.2, 0) is 0 Å². The molecule has 15 heavy (non-hydrogen) atoms. The Bertz CT molecular complexity index is 339. The summed E-state index contributed by atoms with van der Waals surface area (Å²) in [6, 6.07) is 6.56. The lowest BCUT2D eigenvalue weighted by Gasteiger charge is -2.17. The molecule has 0 saturated heterocycles. The van der Waals surface area contributed by atoms with E-state index in [2.05, 4.69) is 5.32 Å². The van der Waals surface area contributed by atoms with E-state index in [0.29, 0.717) is 12.1 Å². The lowest BCUT2D eigenvalue weighted by Crippen LogP contribution is -2.32. The minimum atomic E-state index is -0.164. The largest absolute Gasteiger partial charge is 0.507 e. The molecule has 0 aromatic heterocycles. The molecule has 0 fully saturated rings. The Labute approximate surface area is 89.5 Å². The summed E-state index contributed by atoms with van der Waals surface area (Å²) >= 11 is 0. The average Bonchev–Trinajstić information content (AvgIpc) is 2.25. The number of phenolic OH excluding ortho intramolecular Hbond substituents is 1. The maximum Gasteiger partial charge on any atom is 0.257 e. The van der Waals surface area contributed by atoms with Gasteiger partial charge >= 0.3 is 0 Å². The van der Waals surface area contributed by atoms with E-state index in [1.165, 1.54) is 6.07 Å². The van der Waals surface area contributed by atoms with Crippen molar-refractivity contribution in [1.29, 1.82) is 0 Å². The molecule has 1 rings (SSSR count). The minimum Gasteiger partial charge on any atom is -0.507 e. The molecule has 0 aliphatic rings. The summed E-state index contributed by atoms with van der Waals surface area (Å²) < 4.78 is 0. The van der Waals surface area contributed by atoms with Crippen LogP contribution in [0.2, 0.25) is 0 Å². The smallest absolute Gasteiger partial charge is 0.257 e. The Morgan fingerprint density at radius 2 is 2.13 bits per heavy atom. The number of amides is 1. The predicted octanol–water partition coefficient (Wildman–Crippen LogP) is 0.684. The number of hydrogen-bond acceptors (Lipinski definition) is 3. The molecule has 0 radical (unpaired) electrons. The lowest BCUT2D eigenvalue weighted by atomic mass is 10.2. The number of para-hydroxylation sites is 1. The van der Waals surface area contributed by atoms with Crippen molar-refractivity contribution in [2.45, 2.75) is 0 Å². The average molecular weight is 208 g/mol. The summed E-state index contributed by atoms with van der Waals surface area (Å²) in [5.74, 6) is -0.137. The van der Waals surface area contributed by atoms with Gasteiger partial charge in [-0.2, -0.15) is 0 Å². The predicted molar refractivity (Wildman–Crippen MR) is 59.0 cm³/mol. The second-order valence-electron chi connectivity index (χ2n) is 3.35. The van der Waals surface area contributed by atoms with Crippen molar-refractivity contribution < 1.29 is 9.90 Å². The lowest BCUT2D eigenvalue weighted by molar-refractivity contribution is 0.0794. The van der Waals surface area contributed by atoms with Gasteiger partial charge < -0.3 is 15.3 Å². The molecule has 4 heteroatoms. The molecule has 2 N–H and O–H groups in total. The second kappa shape index (κ2) is 5.36. The fraction of sp³-hybridized carbons (Fsp3) is 0.364. The number of benzene rings is 1. The van der Waals surface area contributed by atoms with Crippen molar-refractivity contribution in [3.05, 3.63) is 29.8 Å². The van der Waals surface area contributed by atoms with Gasteiger partial charge in [0.2, 0.25) is 0 Å². The first-order chi connectivity index (χ1) is 7.16. The number of nitrogens with zero attached hydrogens (tertiary/aromatic N) is 1. The third-order valence-electron chi connectivity index (χ3n) is 2.18. The van der Waals surface area contributed by atoms with Crippen molar-refractivity contribution in [2.24, 2.45) is 0 Å². The van der Waals surface area contributed by atoms with E-state index < -0.39 is 0 Å². The Morgan fingerprint density at radius 3 is 2.73 bits per heavy atom. The summed E-state index contributed by atoms with van der Waals surface area (Å²) in [5, 5.41) is 12.5. The van der Waals surface area contributed by atoms with Gasteiger partial charge in [-0.05, 0) is 19.2 Å². The highest BCUT2D eigenvalue weighted by molar-refractivity contribution is 5.96. The summed E-state index contributed by atoms with van der Waals surface area (Å²) in [6.07, 6.45) is 0. The third kappa shape index (κ3) is 2.95. The van der Waals surface area contributed by atoms with Crippen molar-refractivity contribution in [3.8, 4) is 5.75 Å². The van der Waals surface area contributed by atoms with E-state index in [1.807, 2.05) is 7.05 Å². The summed E-state index contributed by atoms with van der Waals surface area (Å²) in [5.41, 5.74) is 0.344. The second-order valence-corrected chi connectivity index (χ2v) is 3.35. The number of hydrogen-bond donors (Lipinski definition) is 2. The highest BCUT2D eigenvalue weighted by atomic mass is 16.3. The number of carbonyl (C=O) groups excluding carboxylic acids is 1. The zero-order valence-electron chi connectivity index (χ0n) is 9.03. The van der Waals surface area contributed by atoms with Crippen LogP contribution in [0.5, 0.6) is 5.75 Å². The molecule has 4 nitrogen and oxygen atoms in total. The molecule has 1 amide bonds. The minimum absolute atomic E-state index is 0.0267. The maximum atomic E-state index is 11.8. The van der Waals surface area contributed by atoms with Crippen molar-refractivity contribution in [1.82, 2.24) is 10.2 Å². The van der Waals surface area contributed by atoms with Crippen molar-refractivity contribution in [3.63, 3.8) is 0 Å². The Hall–Kier alpha value is -1.55.